The van der Waals surface area contributed by atoms with E-state index < -0.39 is 10.0 Å². The minimum absolute atomic E-state index is 0.0106. The highest BCUT2D eigenvalue weighted by Crippen LogP contribution is 1.91. The molecule has 5 heteroatoms. The molecule has 0 fully saturated rings. The van der Waals surface area contributed by atoms with Gasteiger partial charge in [-0.25, -0.2) is 13.1 Å². The molecule has 0 aromatic rings. The molecule has 0 saturated heterocycles. The molecule has 0 bridgehead atoms. The number of hydrogen-bond acceptors (Lipinski definition) is 3. The SMILES string of the molecule is CCCNCCCS(=O)(=O)NC(C)C. The van der Waals surface area contributed by atoms with Crippen molar-refractivity contribution in [2.75, 3.05) is 18.8 Å². The van der Waals surface area contributed by atoms with E-state index in [-0.39, 0.29) is 11.8 Å². The largest absolute Gasteiger partial charge is 0.317 e. The van der Waals surface area contributed by atoms with Gasteiger partial charge in [0.15, 0.2) is 0 Å². The van der Waals surface area contributed by atoms with Gasteiger partial charge in [0.25, 0.3) is 0 Å². The van der Waals surface area contributed by atoms with Crippen LogP contribution in [0.25, 0.3) is 0 Å². The van der Waals surface area contributed by atoms with Crippen LogP contribution in [-0.2, 0) is 10.0 Å². The summed E-state index contributed by atoms with van der Waals surface area (Å²) in [4.78, 5) is 0. The summed E-state index contributed by atoms with van der Waals surface area (Å²) >= 11 is 0. The van der Waals surface area contributed by atoms with E-state index in [4.69, 9.17) is 0 Å². The molecule has 0 rings (SSSR count). The Labute approximate surface area is 87.5 Å². The Morgan fingerprint density at radius 1 is 1.21 bits per heavy atom. The highest BCUT2D eigenvalue weighted by Gasteiger charge is 2.10. The van der Waals surface area contributed by atoms with Gasteiger partial charge in [-0.3, -0.25) is 0 Å². The molecule has 2 N–H and O–H groups in total. The van der Waals surface area contributed by atoms with Crippen LogP contribution in [0.3, 0.4) is 0 Å². The molecule has 0 aliphatic carbocycles. The first kappa shape index (κ1) is 13.9. The van der Waals surface area contributed by atoms with Crippen molar-refractivity contribution in [3.05, 3.63) is 0 Å². The van der Waals surface area contributed by atoms with Crippen LogP contribution in [0, 0.1) is 0 Å². The smallest absolute Gasteiger partial charge is 0.211 e. The van der Waals surface area contributed by atoms with Crippen molar-refractivity contribution >= 4 is 10.0 Å². The molecule has 0 unspecified atom stereocenters. The molecule has 0 aromatic carbocycles. The van der Waals surface area contributed by atoms with Gasteiger partial charge in [-0.05, 0) is 39.8 Å². The third-order valence-corrected chi connectivity index (χ3v) is 3.27. The lowest BCUT2D eigenvalue weighted by Crippen LogP contribution is -2.33. The van der Waals surface area contributed by atoms with Crippen molar-refractivity contribution in [1.82, 2.24) is 10.0 Å². The minimum Gasteiger partial charge on any atom is -0.317 e. The van der Waals surface area contributed by atoms with Gasteiger partial charge in [-0.1, -0.05) is 6.92 Å². The van der Waals surface area contributed by atoms with Crippen molar-refractivity contribution in [1.29, 1.82) is 0 Å². The number of sulfonamides is 1. The first-order chi connectivity index (χ1) is 6.48. The summed E-state index contributed by atoms with van der Waals surface area (Å²) in [5, 5.41) is 3.17. The lowest BCUT2D eigenvalue weighted by molar-refractivity contribution is 0.563. The monoisotopic (exact) mass is 222 g/mol. The molecule has 0 spiro atoms. The van der Waals surface area contributed by atoms with Gasteiger partial charge in [-0.15, -0.1) is 0 Å². The van der Waals surface area contributed by atoms with Gasteiger partial charge >= 0.3 is 0 Å². The van der Waals surface area contributed by atoms with Gasteiger partial charge in [0.05, 0.1) is 5.75 Å². The summed E-state index contributed by atoms with van der Waals surface area (Å²) in [6, 6.07) is -0.0106. The Morgan fingerprint density at radius 3 is 2.36 bits per heavy atom. The van der Waals surface area contributed by atoms with Gasteiger partial charge in [0, 0.05) is 6.04 Å². The van der Waals surface area contributed by atoms with E-state index >= 15 is 0 Å². The predicted octanol–water partition coefficient (Wildman–Crippen LogP) is 0.704. The molecule has 0 atom stereocenters. The van der Waals surface area contributed by atoms with Crippen LogP contribution < -0.4 is 10.0 Å². The van der Waals surface area contributed by atoms with Crippen molar-refractivity contribution in [3.8, 4) is 0 Å². The molecular weight excluding hydrogens is 200 g/mol. The third kappa shape index (κ3) is 8.47. The fraction of sp³-hybridized carbons (Fsp3) is 1.00. The zero-order chi connectivity index (χ0) is 11.0. The fourth-order valence-electron chi connectivity index (χ4n) is 1.11. The average molecular weight is 222 g/mol. The summed E-state index contributed by atoms with van der Waals surface area (Å²) < 4.78 is 25.2. The highest BCUT2D eigenvalue weighted by molar-refractivity contribution is 7.89. The van der Waals surface area contributed by atoms with E-state index in [1.165, 1.54) is 0 Å². The Hall–Kier alpha value is -0.130. The van der Waals surface area contributed by atoms with Gasteiger partial charge in [-0.2, -0.15) is 0 Å². The van der Waals surface area contributed by atoms with Gasteiger partial charge in [0.1, 0.15) is 0 Å². The molecule has 0 radical (unpaired) electrons. The molecule has 0 heterocycles. The number of nitrogens with one attached hydrogen (secondary N) is 2. The van der Waals surface area contributed by atoms with E-state index in [0.29, 0.717) is 6.42 Å². The normalized spacial score (nSPS) is 12.3. The van der Waals surface area contributed by atoms with E-state index in [1.807, 2.05) is 13.8 Å². The quantitative estimate of drug-likeness (QED) is 0.595. The van der Waals surface area contributed by atoms with Gasteiger partial charge in [0.2, 0.25) is 10.0 Å². The third-order valence-electron chi connectivity index (χ3n) is 1.61. The number of rotatable bonds is 8. The zero-order valence-corrected chi connectivity index (χ0v) is 10.2. The topological polar surface area (TPSA) is 58.2 Å². The zero-order valence-electron chi connectivity index (χ0n) is 9.34. The predicted molar refractivity (Wildman–Crippen MR) is 59.8 cm³/mol. The molecule has 14 heavy (non-hydrogen) atoms. The molecule has 0 aromatic heterocycles. The summed E-state index contributed by atoms with van der Waals surface area (Å²) in [5.74, 6) is 0.210. The van der Waals surface area contributed by atoms with Crippen LogP contribution in [0.1, 0.15) is 33.6 Å². The first-order valence-corrected chi connectivity index (χ1v) is 6.84. The molecule has 4 nitrogen and oxygen atoms in total. The fourth-order valence-corrected chi connectivity index (χ4v) is 2.47. The lowest BCUT2D eigenvalue weighted by Gasteiger charge is -2.09. The maximum absolute atomic E-state index is 11.3. The molecule has 0 aliphatic heterocycles. The van der Waals surface area contributed by atoms with Crippen LogP contribution in [0.15, 0.2) is 0 Å². The second-order valence-electron chi connectivity index (χ2n) is 3.69. The Bertz CT molecular complexity index is 225. The van der Waals surface area contributed by atoms with Crippen molar-refractivity contribution in [3.63, 3.8) is 0 Å². The second-order valence-corrected chi connectivity index (χ2v) is 5.57. The summed E-state index contributed by atoms with van der Waals surface area (Å²) in [7, 11) is -3.06. The van der Waals surface area contributed by atoms with E-state index in [2.05, 4.69) is 17.0 Å². The lowest BCUT2D eigenvalue weighted by atomic mass is 10.4. The second kappa shape index (κ2) is 7.20. The van der Waals surface area contributed by atoms with E-state index in [1.54, 1.807) is 0 Å². The average Bonchev–Trinajstić information content (AvgIpc) is 2.01. The van der Waals surface area contributed by atoms with Crippen LogP contribution in [0.2, 0.25) is 0 Å². The Morgan fingerprint density at radius 2 is 1.86 bits per heavy atom. The van der Waals surface area contributed by atoms with Crippen LogP contribution in [0.5, 0.6) is 0 Å². The molecule has 0 aliphatic rings. The molecule has 0 saturated carbocycles. The van der Waals surface area contributed by atoms with Crippen molar-refractivity contribution in [2.24, 2.45) is 0 Å². The minimum atomic E-state index is -3.06. The van der Waals surface area contributed by atoms with E-state index in [0.717, 1.165) is 19.5 Å². The Balaban J connectivity index is 3.56. The summed E-state index contributed by atoms with van der Waals surface area (Å²) in [6.07, 6.45) is 1.75. The van der Waals surface area contributed by atoms with Gasteiger partial charge < -0.3 is 5.32 Å². The summed E-state index contributed by atoms with van der Waals surface area (Å²) in [6.45, 7) is 7.47. The first-order valence-electron chi connectivity index (χ1n) is 5.18. The standard InChI is InChI=1S/C9H22N2O2S/c1-4-6-10-7-5-8-14(12,13)11-9(2)3/h9-11H,4-8H2,1-3H3. The molecular formula is C9H22N2O2S. The van der Waals surface area contributed by atoms with Crippen LogP contribution in [0.4, 0.5) is 0 Å². The van der Waals surface area contributed by atoms with Crippen molar-refractivity contribution < 1.29 is 8.42 Å². The maximum atomic E-state index is 11.3. The van der Waals surface area contributed by atoms with Crippen molar-refractivity contribution in [2.45, 2.75) is 39.7 Å². The van der Waals surface area contributed by atoms with Crippen LogP contribution >= 0.6 is 0 Å². The summed E-state index contributed by atoms with van der Waals surface area (Å²) in [5.41, 5.74) is 0. The number of hydrogen-bond donors (Lipinski definition) is 2. The molecule has 0 amide bonds. The maximum Gasteiger partial charge on any atom is 0.211 e. The highest BCUT2D eigenvalue weighted by atomic mass is 32.2. The molecule has 86 valence electrons. The Kier molecular flexibility index (Phi) is 7.13. The van der Waals surface area contributed by atoms with E-state index in [9.17, 15) is 8.42 Å². The van der Waals surface area contributed by atoms with Crippen LogP contribution in [-0.4, -0.2) is 33.3 Å².